The van der Waals surface area contributed by atoms with Gasteiger partial charge in [0.1, 0.15) is 10.6 Å². The number of pyridine rings is 1. The van der Waals surface area contributed by atoms with Crippen molar-refractivity contribution in [2.24, 2.45) is 0 Å². The minimum absolute atomic E-state index is 0.158. The van der Waals surface area contributed by atoms with Crippen molar-refractivity contribution in [1.82, 2.24) is 9.61 Å². The van der Waals surface area contributed by atoms with Crippen LogP contribution in [0.3, 0.4) is 0 Å². The fourth-order valence-electron chi connectivity index (χ4n) is 2.14. The number of carboxylic acid groups (broad SMARTS) is 1. The van der Waals surface area contributed by atoms with E-state index in [0.717, 1.165) is 22.9 Å². The predicted molar refractivity (Wildman–Crippen MR) is 79.0 cm³/mol. The van der Waals surface area contributed by atoms with Crippen LogP contribution in [0.25, 0.3) is 5.52 Å². The van der Waals surface area contributed by atoms with Gasteiger partial charge in [0, 0.05) is 6.20 Å². The van der Waals surface area contributed by atoms with Crippen LogP contribution < -0.4 is 0 Å². The molecule has 0 aliphatic rings. The van der Waals surface area contributed by atoms with E-state index in [1.54, 1.807) is 17.6 Å². The number of aryl methyl sites for hydroxylation is 2. The predicted octanol–water partition coefficient (Wildman–Crippen LogP) is 2.30. The van der Waals surface area contributed by atoms with Crippen molar-refractivity contribution >= 4 is 29.2 Å². The lowest BCUT2D eigenvalue weighted by Crippen LogP contribution is -2.07. The SMILES string of the molecule is CCOC(=O)c1c(SCC(=O)O)nn2cc(C)cc(C)c12. The molecule has 0 amide bonds. The molecule has 2 rings (SSSR count). The molecule has 0 aliphatic carbocycles. The first-order valence-corrected chi connectivity index (χ1v) is 7.44. The Labute approximate surface area is 126 Å². The van der Waals surface area contributed by atoms with Crippen molar-refractivity contribution in [3.8, 4) is 0 Å². The molecular weight excluding hydrogens is 292 g/mol. The Balaban J connectivity index is 2.60. The van der Waals surface area contributed by atoms with Crippen molar-refractivity contribution in [3.05, 3.63) is 29.0 Å². The van der Waals surface area contributed by atoms with Crippen LogP contribution in [0, 0.1) is 13.8 Å². The summed E-state index contributed by atoms with van der Waals surface area (Å²) >= 11 is 1.02. The van der Waals surface area contributed by atoms with Gasteiger partial charge in [0.25, 0.3) is 0 Å². The molecule has 0 spiro atoms. The van der Waals surface area contributed by atoms with Crippen LogP contribution in [0.1, 0.15) is 28.4 Å². The van der Waals surface area contributed by atoms with E-state index in [-0.39, 0.29) is 12.4 Å². The monoisotopic (exact) mass is 308 g/mol. The van der Waals surface area contributed by atoms with E-state index in [1.807, 2.05) is 19.9 Å². The summed E-state index contributed by atoms with van der Waals surface area (Å²) in [5.74, 6) is -1.60. The van der Waals surface area contributed by atoms with Crippen molar-refractivity contribution < 1.29 is 19.4 Å². The number of carboxylic acids is 1. The molecule has 0 aliphatic heterocycles. The number of ether oxygens (including phenoxy) is 1. The number of carbonyl (C=O) groups excluding carboxylic acids is 1. The molecule has 1 N–H and O–H groups in total. The highest BCUT2D eigenvalue weighted by molar-refractivity contribution is 8.00. The van der Waals surface area contributed by atoms with E-state index in [4.69, 9.17) is 9.84 Å². The van der Waals surface area contributed by atoms with Gasteiger partial charge in [0.2, 0.25) is 0 Å². The summed E-state index contributed by atoms with van der Waals surface area (Å²) in [6.07, 6.45) is 1.80. The van der Waals surface area contributed by atoms with E-state index >= 15 is 0 Å². The number of thioether (sulfide) groups is 1. The van der Waals surface area contributed by atoms with Crippen molar-refractivity contribution in [2.75, 3.05) is 12.4 Å². The molecule has 7 heteroatoms. The molecule has 2 heterocycles. The van der Waals surface area contributed by atoms with Crippen molar-refractivity contribution in [3.63, 3.8) is 0 Å². The maximum absolute atomic E-state index is 12.2. The second kappa shape index (κ2) is 6.17. The summed E-state index contributed by atoms with van der Waals surface area (Å²) in [4.78, 5) is 22.9. The fraction of sp³-hybridized carbons (Fsp3) is 0.357. The van der Waals surface area contributed by atoms with Crippen LogP contribution in [0.2, 0.25) is 0 Å². The minimum Gasteiger partial charge on any atom is -0.481 e. The summed E-state index contributed by atoms with van der Waals surface area (Å²) in [5, 5.41) is 13.5. The Bertz CT molecular complexity index is 709. The van der Waals surface area contributed by atoms with E-state index in [1.165, 1.54) is 0 Å². The number of fused-ring (bicyclic) bond motifs is 1. The zero-order valence-electron chi connectivity index (χ0n) is 12.0. The fourth-order valence-corrected chi connectivity index (χ4v) is 2.87. The Kier molecular flexibility index (Phi) is 4.52. The highest BCUT2D eigenvalue weighted by Gasteiger charge is 2.23. The lowest BCUT2D eigenvalue weighted by molar-refractivity contribution is -0.133. The Hall–Kier alpha value is -2.02. The molecule has 0 bridgehead atoms. The van der Waals surface area contributed by atoms with Crippen LogP contribution in [-0.2, 0) is 9.53 Å². The molecule has 112 valence electrons. The number of hydrogen-bond donors (Lipinski definition) is 1. The topological polar surface area (TPSA) is 80.9 Å². The summed E-state index contributed by atoms with van der Waals surface area (Å²) < 4.78 is 6.69. The maximum Gasteiger partial charge on any atom is 0.343 e. The van der Waals surface area contributed by atoms with E-state index in [0.29, 0.717) is 16.1 Å². The van der Waals surface area contributed by atoms with Gasteiger partial charge in [0.05, 0.1) is 17.9 Å². The second-order valence-electron chi connectivity index (χ2n) is 4.58. The van der Waals surface area contributed by atoms with Crippen LogP contribution in [0.4, 0.5) is 0 Å². The summed E-state index contributed by atoms with van der Waals surface area (Å²) in [7, 11) is 0. The van der Waals surface area contributed by atoms with Gasteiger partial charge in [-0.3, -0.25) is 4.79 Å². The number of nitrogens with zero attached hydrogens (tertiary/aromatic N) is 2. The molecule has 21 heavy (non-hydrogen) atoms. The highest BCUT2D eigenvalue weighted by atomic mass is 32.2. The van der Waals surface area contributed by atoms with Crippen LogP contribution in [-0.4, -0.2) is 39.0 Å². The van der Waals surface area contributed by atoms with Crippen LogP contribution >= 0.6 is 11.8 Å². The molecule has 6 nitrogen and oxygen atoms in total. The van der Waals surface area contributed by atoms with Crippen LogP contribution in [0.5, 0.6) is 0 Å². The zero-order chi connectivity index (χ0) is 15.6. The van der Waals surface area contributed by atoms with Crippen molar-refractivity contribution in [2.45, 2.75) is 25.8 Å². The summed E-state index contributed by atoms with van der Waals surface area (Å²) in [6.45, 7) is 5.80. The van der Waals surface area contributed by atoms with E-state index in [2.05, 4.69) is 5.10 Å². The normalized spacial score (nSPS) is 10.8. The molecule has 0 aromatic carbocycles. The number of carbonyl (C=O) groups is 2. The quantitative estimate of drug-likeness (QED) is 0.674. The summed E-state index contributed by atoms with van der Waals surface area (Å²) in [5.41, 5.74) is 2.90. The molecule has 2 aromatic rings. The van der Waals surface area contributed by atoms with Gasteiger partial charge in [-0.2, -0.15) is 5.10 Å². The third-order valence-corrected chi connectivity index (χ3v) is 3.78. The number of aliphatic carboxylic acids is 1. The Morgan fingerprint density at radius 2 is 2.14 bits per heavy atom. The van der Waals surface area contributed by atoms with Gasteiger partial charge in [0.15, 0.2) is 0 Å². The molecule has 2 aromatic heterocycles. The largest absolute Gasteiger partial charge is 0.481 e. The molecule has 0 radical (unpaired) electrons. The number of esters is 1. The van der Waals surface area contributed by atoms with Gasteiger partial charge in [-0.05, 0) is 31.9 Å². The molecule has 0 fully saturated rings. The van der Waals surface area contributed by atoms with E-state index < -0.39 is 11.9 Å². The van der Waals surface area contributed by atoms with Crippen molar-refractivity contribution in [1.29, 1.82) is 0 Å². The number of rotatable bonds is 5. The third-order valence-electron chi connectivity index (χ3n) is 2.83. The van der Waals surface area contributed by atoms with Gasteiger partial charge < -0.3 is 9.84 Å². The second-order valence-corrected chi connectivity index (χ2v) is 5.54. The smallest absolute Gasteiger partial charge is 0.343 e. The highest BCUT2D eigenvalue weighted by Crippen LogP contribution is 2.28. The first-order chi connectivity index (χ1) is 9.93. The molecule has 0 atom stereocenters. The molecule has 0 unspecified atom stereocenters. The average Bonchev–Trinajstić information content (AvgIpc) is 2.75. The van der Waals surface area contributed by atoms with E-state index in [9.17, 15) is 9.59 Å². The molecule has 0 saturated carbocycles. The van der Waals surface area contributed by atoms with Gasteiger partial charge in [-0.15, -0.1) is 0 Å². The number of aromatic nitrogens is 2. The van der Waals surface area contributed by atoms with Crippen LogP contribution in [0.15, 0.2) is 17.3 Å². The Morgan fingerprint density at radius 3 is 2.76 bits per heavy atom. The molecule has 0 saturated heterocycles. The summed E-state index contributed by atoms with van der Waals surface area (Å²) in [6, 6.07) is 1.95. The first-order valence-electron chi connectivity index (χ1n) is 6.45. The van der Waals surface area contributed by atoms with Gasteiger partial charge in [-0.1, -0.05) is 17.8 Å². The third kappa shape index (κ3) is 3.18. The van der Waals surface area contributed by atoms with Gasteiger partial charge >= 0.3 is 11.9 Å². The lowest BCUT2D eigenvalue weighted by Gasteiger charge is -2.04. The standard InChI is InChI=1S/C14H16N2O4S/c1-4-20-14(19)11-12-9(3)5-8(2)6-16(12)15-13(11)21-7-10(17)18/h5-6H,4,7H2,1-3H3,(H,17,18). The maximum atomic E-state index is 12.2. The van der Waals surface area contributed by atoms with Gasteiger partial charge in [-0.25, -0.2) is 9.31 Å². The minimum atomic E-state index is -0.959. The Morgan fingerprint density at radius 1 is 1.43 bits per heavy atom. The number of hydrogen-bond acceptors (Lipinski definition) is 5. The first kappa shape index (κ1) is 15.4. The zero-order valence-corrected chi connectivity index (χ0v) is 12.9. The molecular formula is C14H16N2O4S. The lowest BCUT2D eigenvalue weighted by atomic mass is 10.1. The average molecular weight is 308 g/mol.